The third-order valence-corrected chi connectivity index (χ3v) is 6.00. The normalized spacial score (nSPS) is 11.0. The maximum absolute atomic E-state index is 13.1. The van der Waals surface area contributed by atoms with Gasteiger partial charge in [-0.15, -0.1) is 11.3 Å². The van der Waals surface area contributed by atoms with E-state index in [9.17, 15) is 4.79 Å². The highest BCUT2D eigenvalue weighted by Crippen LogP contribution is 2.33. The summed E-state index contributed by atoms with van der Waals surface area (Å²) in [5.74, 6) is 0.951. The minimum absolute atomic E-state index is 0.243. The van der Waals surface area contributed by atoms with Crippen molar-refractivity contribution in [1.29, 1.82) is 0 Å². The second kappa shape index (κ2) is 7.98. The van der Waals surface area contributed by atoms with Gasteiger partial charge >= 0.3 is 0 Å². The first-order valence-corrected chi connectivity index (χ1v) is 10.8. The number of amides is 1. The van der Waals surface area contributed by atoms with E-state index in [1.807, 2.05) is 73.0 Å². The first-order valence-electron chi connectivity index (χ1n) is 9.57. The molecule has 0 bridgehead atoms. The number of aromatic nitrogens is 2. The van der Waals surface area contributed by atoms with Gasteiger partial charge in [0.15, 0.2) is 10.9 Å². The molecule has 0 spiro atoms. The fourth-order valence-corrected chi connectivity index (χ4v) is 4.26. The predicted molar refractivity (Wildman–Crippen MR) is 125 cm³/mol. The number of hydrogen-bond acceptors (Lipinski definition) is 5. The molecule has 0 saturated carbocycles. The molecule has 0 aliphatic rings. The molecule has 1 amide bonds. The zero-order chi connectivity index (χ0) is 21.4. The molecular weight excluding hydrogens is 430 g/mol. The van der Waals surface area contributed by atoms with Crippen LogP contribution < -0.4 is 5.32 Å². The Morgan fingerprint density at radius 3 is 2.58 bits per heavy atom. The highest BCUT2D eigenvalue weighted by Gasteiger charge is 2.17. The molecule has 0 aliphatic carbocycles. The topological polar surface area (TPSA) is 68.0 Å². The van der Waals surface area contributed by atoms with Crippen molar-refractivity contribution in [1.82, 2.24) is 9.97 Å². The summed E-state index contributed by atoms with van der Waals surface area (Å²) in [6.45, 7) is 1.89. The third kappa shape index (κ3) is 3.83. The molecule has 0 radical (unpaired) electrons. The number of carbonyl (C=O) groups is 1. The number of aryl methyl sites for hydroxylation is 1. The third-order valence-electron chi connectivity index (χ3n) is 4.80. The van der Waals surface area contributed by atoms with Gasteiger partial charge in [0.05, 0.1) is 21.8 Å². The average molecular weight is 446 g/mol. The largest absolute Gasteiger partial charge is 0.454 e. The number of para-hydroxylation sites is 1. The Morgan fingerprint density at radius 2 is 1.77 bits per heavy atom. The van der Waals surface area contributed by atoms with Crippen LogP contribution in [0.25, 0.3) is 33.7 Å². The number of pyridine rings is 1. The average Bonchev–Trinajstić information content (AvgIpc) is 3.42. The van der Waals surface area contributed by atoms with E-state index in [1.54, 1.807) is 6.07 Å². The Kier molecular flexibility index (Phi) is 5.02. The van der Waals surface area contributed by atoms with Gasteiger partial charge in [0.25, 0.3) is 5.91 Å². The van der Waals surface area contributed by atoms with Crippen LogP contribution >= 0.6 is 22.9 Å². The number of thiazole rings is 1. The lowest BCUT2D eigenvalue weighted by Gasteiger charge is -2.08. The summed E-state index contributed by atoms with van der Waals surface area (Å²) >= 11 is 7.70. The van der Waals surface area contributed by atoms with Crippen LogP contribution in [0.5, 0.6) is 0 Å². The second-order valence-electron chi connectivity index (χ2n) is 6.96. The number of nitrogens with one attached hydrogen (secondary N) is 1. The molecule has 3 aromatic heterocycles. The van der Waals surface area contributed by atoms with E-state index in [-0.39, 0.29) is 5.91 Å². The molecule has 3 heterocycles. The van der Waals surface area contributed by atoms with Gasteiger partial charge in [-0.05, 0) is 43.3 Å². The molecule has 0 aliphatic heterocycles. The number of hydrogen-bond donors (Lipinski definition) is 1. The molecule has 2 aromatic carbocycles. The Hall–Kier alpha value is -3.48. The molecular formula is C24H16ClN3O2S. The van der Waals surface area contributed by atoms with Gasteiger partial charge in [-0.1, -0.05) is 41.9 Å². The van der Waals surface area contributed by atoms with Crippen molar-refractivity contribution in [2.75, 3.05) is 5.32 Å². The summed E-state index contributed by atoms with van der Waals surface area (Å²) in [4.78, 5) is 22.1. The first-order chi connectivity index (χ1) is 15.1. The van der Waals surface area contributed by atoms with Gasteiger partial charge in [0.1, 0.15) is 11.5 Å². The molecule has 5 nitrogen and oxygen atoms in total. The highest BCUT2D eigenvalue weighted by molar-refractivity contribution is 7.13. The van der Waals surface area contributed by atoms with E-state index in [1.165, 1.54) is 11.3 Å². The summed E-state index contributed by atoms with van der Waals surface area (Å²) < 4.78 is 6.05. The molecule has 5 rings (SSSR count). The van der Waals surface area contributed by atoms with E-state index in [4.69, 9.17) is 21.0 Å². The van der Waals surface area contributed by atoms with E-state index >= 15 is 0 Å². The summed E-state index contributed by atoms with van der Waals surface area (Å²) in [7, 11) is 0. The SMILES string of the molecule is Cc1csc(NC(=O)c2cc(-c3ccc(-c4ccccc4Cl)o3)nc3ccccc23)n1. The lowest BCUT2D eigenvalue weighted by atomic mass is 10.1. The van der Waals surface area contributed by atoms with Crippen molar-refractivity contribution in [3.8, 4) is 22.8 Å². The van der Waals surface area contributed by atoms with E-state index in [0.29, 0.717) is 38.4 Å². The van der Waals surface area contributed by atoms with Crippen molar-refractivity contribution in [2.45, 2.75) is 6.92 Å². The second-order valence-corrected chi connectivity index (χ2v) is 8.23. The fraction of sp³-hybridized carbons (Fsp3) is 0.0417. The molecule has 0 unspecified atom stereocenters. The number of rotatable bonds is 4. The molecule has 31 heavy (non-hydrogen) atoms. The van der Waals surface area contributed by atoms with Gasteiger partial charge in [-0.2, -0.15) is 0 Å². The monoisotopic (exact) mass is 445 g/mol. The summed E-state index contributed by atoms with van der Waals surface area (Å²) in [6.07, 6.45) is 0. The summed E-state index contributed by atoms with van der Waals surface area (Å²) in [5.41, 5.74) is 3.44. The van der Waals surface area contributed by atoms with Crippen molar-refractivity contribution >= 4 is 44.9 Å². The fourth-order valence-electron chi connectivity index (χ4n) is 3.35. The van der Waals surface area contributed by atoms with Crippen molar-refractivity contribution < 1.29 is 9.21 Å². The van der Waals surface area contributed by atoms with Crippen LogP contribution in [0, 0.1) is 6.92 Å². The Morgan fingerprint density at radius 1 is 1.00 bits per heavy atom. The number of fused-ring (bicyclic) bond motifs is 1. The number of nitrogens with zero attached hydrogens (tertiary/aromatic N) is 2. The van der Waals surface area contributed by atoms with Gasteiger partial charge < -0.3 is 4.42 Å². The van der Waals surface area contributed by atoms with Crippen molar-refractivity contribution in [3.05, 3.63) is 88.4 Å². The molecule has 5 aromatic rings. The minimum Gasteiger partial charge on any atom is -0.454 e. The number of furan rings is 1. The smallest absolute Gasteiger partial charge is 0.258 e. The van der Waals surface area contributed by atoms with Crippen LogP contribution in [0.3, 0.4) is 0 Å². The number of halogens is 1. The Balaban J connectivity index is 1.57. The lowest BCUT2D eigenvalue weighted by Crippen LogP contribution is -2.13. The van der Waals surface area contributed by atoms with Crippen LogP contribution in [-0.4, -0.2) is 15.9 Å². The van der Waals surface area contributed by atoms with Crippen LogP contribution in [0.15, 0.2) is 76.5 Å². The number of carbonyl (C=O) groups excluding carboxylic acids is 1. The lowest BCUT2D eigenvalue weighted by molar-refractivity contribution is 0.102. The van der Waals surface area contributed by atoms with Crippen LogP contribution in [-0.2, 0) is 0 Å². The van der Waals surface area contributed by atoms with E-state index < -0.39 is 0 Å². The van der Waals surface area contributed by atoms with Crippen LogP contribution in [0.4, 0.5) is 5.13 Å². The zero-order valence-corrected chi connectivity index (χ0v) is 18.0. The number of anilines is 1. The molecule has 0 saturated heterocycles. The van der Waals surface area contributed by atoms with E-state index in [2.05, 4.69) is 10.3 Å². The first kappa shape index (κ1) is 19.5. The van der Waals surface area contributed by atoms with Gasteiger partial charge in [-0.3, -0.25) is 10.1 Å². The Bertz CT molecular complexity index is 1420. The van der Waals surface area contributed by atoms with Gasteiger partial charge in [0.2, 0.25) is 0 Å². The van der Waals surface area contributed by atoms with Crippen LogP contribution in [0.1, 0.15) is 16.1 Å². The van der Waals surface area contributed by atoms with Crippen molar-refractivity contribution in [3.63, 3.8) is 0 Å². The molecule has 1 N–H and O–H groups in total. The molecule has 0 atom stereocenters. The number of benzene rings is 2. The standard InChI is InChI=1S/C24H16ClN3O2S/c1-14-13-31-24(26-14)28-23(29)17-12-20(27-19-9-5-3-6-15(17)19)22-11-10-21(30-22)16-7-2-4-8-18(16)25/h2-13H,1H3,(H,26,28,29). The highest BCUT2D eigenvalue weighted by atomic mass is 35.5. The maximum atomic E-state index is 13.1. The Labute approximate surface area is 187 Å². The van der Waals surface area contributed by atoms with Gasteiger partial charge in [0, 0.05) is 16.3 Å². The quantitative estimate of drug-likeness (QED) is 0.329. The molecule has 0 fully saturated rings. The maximum Gasteiger partial charge on any atom is 0.258 e. The van der Waals surface area contributed by atoms with Crippen molar-refractivity contribution in [2.24, 2.45) is 0 Å². The summed E-state index contributed by atoms with van der Waals surface area (Å²) in [6, 6.07) is 20.4. The van der Waals surface area contributed by atoms with Crippen LogP contribution in [0.2, 0.25) is 5.02 Å². The summed E-state index contributed by atoms with van der Waals surface area (Å²) in [5, 5.41) is 6.70. The molecule has 7 heteroatoms. The zero-order valence-electron chi connectivity index (χ0n) is 16.4. The molecule has 152 valence electrons. The predicted octanol–water partition coefficient (Wildman–Crippen LogP) is 6.83. The van der Waals surface area contributed by atoms with E-state index in [0.717, 1.165) is 16.6 Å². The van der Waals surface area contributed by atoms with Gasteiger partial charge in [-0.25, -0.2) is 9.97 Å². The minimum atomic E-state index is -0.243.